The van der Waals surface area contributed by atoms with E-state index >= 15 is 0 Å². The number of halogens is 3. The van der Waals surface area contributed by atoms with Crippen LogP contribution in [-0.2, 0) is 26.2 Å². The molecule has 2 atom stereocenters. The van der Waals surface area contributed by atoms with Crippen LogP contribution in [0.1, 0.15) is 39.2 Å². The van der Waals surface area contributed by atoms with Crippen molar-refractivity contribution in [3.8, 4) is 0 Å². The van der Waals surface area contributed by atoms with Gasteiger partial charge in [0.2, 0.25) is 21.8 Å². The lowest BCUT2D eigenvalue weighted by atomic mass is 10.1. The third-order valence-electron chi connectivity index (χ3n) is 5.52. The van der Waals surface area contributed by atoms with E-state index in [0.29, 0.717) is 22.4 Å². The second kappa shape index (κ2) is 12.1. The minimum atomic E-state index is -4.08. The topological polar surface area (TPSA) is 86.8 Å². The second-order valence-electron chi connectivity index (χ2n) is 8.26. The molecule has 0 saturated heterocycles. The highest BCUT2D eigenvalue weighted by Crippen LogP contribution is 2.22. The maximum atomic E-state index is 13.8. The van der Waals surface area contributed by atoms with Crippen LogP contribution in [-0.4, -0.2) is 50.0 Å². The van der Waals surface area contributed by atoms with Gasteiger partial charge in [-0.05, 0) is 49.6 Å². The first kappa shape index (κ1) is 28.2. The van der Waals surface area contributed by atoms with Gasteiger partial charge in [-0.2, -0.15) is 0 Å². The second-order valence-corrected chi connectivity index (χ2v) is 10.2. The number of nitrogens with zero attached hydrogens (tertiary/aromatic N) is 2. The number of carbonyl (C=O) groups is 2. The Morgan fingerprint density at radius 2 is 1.60 bits per heavy atom. The summed E-state index contributed by atoms with van der Waals surface area (Å²) in [5, 5.41) is 2.82. The number of hydrogen-bond donors (Lipinski definition) is 1. The quantitative estimate of drug-likeness (QED) is 0.498. The maximum Gasteiger partial charge on any atom is 0.244 e. The standard InChI is InChI=1S/C24H30F3N3O4S/c1-5-16(3)28-24(32)22(6-2)29(14-17-7-9-18(25)10-8-17)23(31)15-30(35(4,33)34)19-11-12-20(26)21(27)13-19/h7-13,16,22H,5-6,14-15H2,1-4H3,(H,28,32)/t16-,22-/m1/s1. The van der Waals surface area contributed by atoms with E-state index in [4.69, 9.17) is 0 Å². The average Bonchev–Trinajstić information content (AvgIpc) is 2.79. The highest BCUT2D eigenvalue weighted by atomic mass is 32.2. The van der Waals surface area contributed by atoms with Crippen molar-refractivity contribution in [2.24, 2.45) is 0 Å². The van der Waals surface area contributed by atoms with E-state index in [1.807, 2.05) is 13.8 Å². The Kier molecular flexibility index (Phi) is 9.70. The molecule has 2 aromatic rings. The number of rotatable bonds is 11. The van der Waals surface area contributed by atoms with Crippen LogP contribution >= 0.6 is 0 Å². The Bertz CT molecular complexity index is 1140. The van der Waals surface area contributed by atoms with Gasteiger partial charge < -0.3 is 10.2 Å². The molecule has 1 N–H and O–H groups in total. The largest absolute Gasteiger partial charge is 0.352 e. The van der Waals surface area contributed by atoms with Crippen molar-refractivity contribution in [3.63, 3.8) is 0 Å². The molecular weight excluding hydrogens is 483 g/mol. The molecule has 0 aliphatic heterocycles. The first-order valence-corrected chi connectivity index (χ1v) is 13.0. The fraction of sp³-hybridized carbons (Fsp3) is 0.417. The van der Waals surface area contributed by atoms with Crippen LogP contribution in [0.4, 0.5) is 18.9 Å². The highest BCUT2D eigenvalue weighted by molar-refractivity contribution is 7.92. The van der Waals surface area contributed by atoms with E-state index < -0.39 is 51.9 Å². The first-order chi connectivity index (χ1) is 16.4. The Hall–Kier alpha value is -3.08. The van der Waals surface area contributed by atoms with Gasteiger partial charge in [0.1, 0.15) is 18.4 Å². The van der Waals surface area contributed by atoms with Gasteiger partial charge in [0.15, 0.2) is 11.6 Å². The van der Waals surface area contributed by atoms with Crippen molar-refractivity contribution < 1.29 is 31.2 Å². The third-order valence-corrected chi connectivity index (χ3v) is 6.66. The Morgan fingerprint density at radius 1 is 0.971 bits per heavy atom. The minimum Gasteiger partial charge on any atom is -0.352 e. The molecule has 2 rings (SSSR count). The number of carbonyl (C=O) groups excluding carboxylic acids is 2. The van der Waals surface area contributed by atoms with Gasteiger partial charge in [0, 0.05) is 18.7 Å². The summed E-state index contributed by atoms with van der Waals surface area (Å²) in [6.07, 6.45) is 1.71. The van der Waals surface area contributed by atoms with Gasteiger partial charge in [0.25, 0.3) is 0 Å². The molecule has 192 valence electrons. The molecule has 0 spiro atoms. The lowest BCUT2D eigenvalue weighted by molar-refractivity contribution is -0.140. The van der Waals surface area contributed by atoms with Crippen LogP contribution < -0.4 is 9.62 Å². The van der Waals surface area contributed by atoms with E-state index in [-0.39, 0.29) is 24.7 Å². The van der Waals surface area contributed by atoms with E-state index in [2.05, 4.69) is 5.32 Å². The number of nitrogens with one attached hydrogen (secondary N) is 1. The van der Waals surface area contributed by atoms with E-state index in [1.54, 1.807) is 6.92 Å². The molecule has 0 bridgehead atoms. The van der Waals surface area contributed by atoms with Crippen LogP contribution in [0.2, 0.25) is 0 Å². The van der Waals surface area contributed by atoms with Crippen LogP contribution in [0, 0.1) is 17.5 Å². The number of sulfonamides is 1. The van der Waals surface area contributed by atoms with E-state index in [9.17, 15) is 31.2 Å². The van der Waals surface area contributed by atoms with Crippen LogP contribution in [0.25, 0.3) is 0 Å². The molecular formula is C24H30F3N3O4S. The van der Waals surface area contributed by atoms with Gasteiger partial charge in [-0.3, -0.25) is 13.9 Å². The summed E-state index contributed by atoms with van der Waals surface area (Å²) < 4.78 is 66.2. The van der Waals surface area contributed by atoms with Crippen LogP contribution in [0.5, 0.6) is 0 Å². The molecule has 0 fully saturated rings. The van der Waals surface area contributed by atoms with Crippen molar-refractivity contribution in [1.29, 1.82) is 0 Å². The predicted molar refractivity (Wildman–Crippen MR) is 127 cm³/mol. The monoisotopic (exact) mass is 513 g/mol. The zero-order valence-corrected chi connectivity index (χ0v) is 20.9. The zero-order valence-electron chi connectivity index (χ0n) is 20.1. The molecule has 0 aliphatic carbocycles. The van der Waals surface area contributed by atoms with Crippen molar-refractivity contribution in [2.75, 3.05) is 17.1 Å². The number of hydrogen-bond acceptors (Lipinski definition) is 4. The Balaban J connectivity index is 2.45. The first-order valence-electron chi connectivity index (χ1n) is 11.1. The fourth-order valence-electron chi connectivity index (χ4n) is 3.40. The maximum absolute atomic E-state index is 13.8. The van der Waals surface area contributed by atoms with Gasteiger partial charge >= 0.3 is 0 Å². The SMILES string of the molecule is CC[C@@H](C)NC(=O)[C@@H](CC)N(Cc1ccc(F)cc1)C(=O)CN(c1ccc(F)c(F)c1)S(C)(=O)=O. The Morgan fingerprint density at radius 3 is 2.11 bits per heavy atom. The molecule has 11 heteroatoms. The molecule has 7 nitrogen and oxygen atoms in total. The summed E-state index contributed by atoms with van der Waals surface area (Å²) >= 11 is 0. The van der Waals surface area contributed by atoms with Gasteiger partial charge in [0.05, 0.1) is 11.9 Å². The van der Waals surface area contributed by atoms with Crippen LogP contribution in [0.15, 0.2) is 42.5 Å². The van der Waals surface area contributed by atoms with Crippen molar-refractivity contribution in [2.45, 2.75) is 52.2 Å². The van der Waals surface area contributed by atoms with Crippen molar-refractivity contribution in [3.05, 3.63) is 65.5 Å². The molecule has 0 aromatic heterocycles. The van der Waals surface area contributed by atoms with Crippen LogP contribution in [0.3, 0.4) is 0 Å². The molecule has 0 saturated carbocycles. The molecule has 0 unspecified atom stereocenters. The summed E-state index contributed by atoms with van der Waals surface area (Å²) in [7, 11) is -4.08. The highest BCUT2D eigenvalue weighted by Gasteiger charge is 2.32. The summed E-state index contributed by atoms with van der Waals surface area (Å²) in [5.74, 6) is -4.08. The molecule has 2 aromatic carbocycles. The molecule has 0 heterocycles. The smallest absolute Gasteiger partial charge is 0.244 e. The third kappa shape index (κ3) is 7.71. The van der Waals surface area contributed by atoms with Crippen molar-refractivity contribution in [1.82, 2.24) is 10.2 Å². The van der Waals surface area contributed by atoms with E-state index in [0.717, 1.165) is 18.4 Å². The summed E-state index contributed by atoms with van der Waals surface area (Å²) in [5.41, 5.74) is 0.284. The average molecular weight is 514 g/mol. The van der Waals surface area contributed by atoms with Gasteiger partial charge in [-0.25, -0.2) is 21.6 Å². The Labute approximate surface area is 204 Å². The van der Waals surface area contributed by atoms with Gasteiger partial charge in [-0.15, -0.1) is 0 Å². The molecule has 2 amide bonds. The van der Waals surface area contributed by atoms with Gasteiger partial charge in [-0.1, -0.05) is 26.0 Å². The lowest BCUT2D eigenvalue weighted by Gasteiger charge is -2.33. The summed E-state index contributed by atoms with van der Waals surface area (Å²) in [6, 6.07) is 6.71. The molecule has 35 heavy (non-hydrogen) atoms. The predicted octanol–water partition coefficient (Wildman–Crippen LogP) is 3.59. The summed E-state index contributed by atoms with van der Waals surface area (Å²) in [4.78, 5) is 27.6. The number of anilines is 1. The summed E-state index contributed by atoms with van der Waals surface area (Å²) in [6.45, 7) is 4.55. The lowest BCUT2D eigenvalue weighted by Crippen LogP contribution is -2.53. The van der Waals surface area contributed by atoms with E-state index in [1.165, 1.54) is 29.2 Å². The number of benzene rings is 2. The molecule has 0 radical (unpaired) electrons. The van der Waals surface area contributed by atoms with Crippen molar-refractivity contribution >= 4 is 27.5 Å². The number of amides is 2. The zero-order chi connectivity index (χ0) is 26.3. The minimum absolute atomic E-state index is 0.0963. The normalized spacial score (nSPS) is 13.1. The fourth-order valence-corrected chi connectivity index (χ4v) is 4.24. The molecule has 0 aliphatic rings.